The van der Waals surface area contributed by atoms with Crippen LogP contribution in [0.5, 0.6) is 0 Å². The van der Waals surface area contributed by atoms with Gasteiger partial charge in [-0.3, -0.25) is 4.55 Å². The van der Waals surface area contributed by atoms with Gasteiger partial charge in [0.2, 0.25) is 0 Å². The summed E-state index contributed by atoms with van der Waals surface area (Å²) < 4.78 is 25.9. The molecule has 0 rings (SSSR count). The molecule has 0 spiro atoms. The fourth-order valence-corrected chi connectivity index (χ4v) is 0. The van der Waals surface area contributed by atoms with Crippen molar-refractivity contribution in [3.05, 3.63) is 0 Å². The molecule has 0 saturated heterocycles. The number of rotatable bonds is 0. The second kappa shape index (κ2) is 9.99. The Labute approximate surface area is 118 Å². The summed E-state index contributed by atoms with van der Waals surface area (Å²) in [5.74, 6) is 0. The summed E-state index contributed by atoms with van der Waals surface area (Å²) in [4.78, 5) is 0. The molecular weight excluding hydrogens is 315 g/mol. The summed E-state index contributed by atoms with van der Waals surface area (Å²) in [5, 5.41) is 0. The van der Waals surface area contributed by atoms with E-state index < -0.39 is 10.1 Å². The molecular formula is CH4O3SScY2. The summed E-state index contributed by atoms with van der Waals surface area (Å²) in [7, 11) is -3.67. The third kappa shape index (κ3) is 64.2. The molecule has 7 heteroatoms. The number of hydrogen-bond acceptors (Lipinski definition) is 2. The van der Waals surface area contributed by atoms with Crippen molar-refractivity contribution in [1.82, 2.24) is 0 Å². The third-order valence-electron chi connectivity index (χ3n) is 0. The van der Waals surface area contributed by atoms with Gasteiger partial charge in [0.25, 0.3) is 10.1 Å². The van der Waals surface area contributed by atoms with Gasteiger partial charge in [0.1, 0.15) is 0 Å². The van der Waals surface area contributed by atoms with Crippen LogP contribution in [0, 0.1) is 0 Å². The van der Waals surface area contributed by atoms with E-state index in [0.29, 0.717) is 6.26 Å². The molecule has 0 aliphatic heterocycles. The summed E-state index contributed by atoms with van der Waals surface area (Å²) in [6, 6.07) is 0. The van der Waals surface area contributed by atoms with Gasteiger partial charge in [0, 0.05) is 91.3 Å². The molecule has 0 aromatic rings. The van der Waals surface area contributed by atoms with Crippen molar-refractivity contribution in [2.24, 2.45) is 0 Å². The third-order valence-corrected chi connectivity index (χ3v) is 0. The van der Waals surface area contributed by atoms with Crippen molar-refractivity contribution in [1.29, 1.82) is 0 Å². The van der Waals surface area contributed by atoms with Gasteiger partial charge in [-0.25, -0.2) is 0 Å². The van der Waals surface area contributed by atoms with Gasteiger partial charge in [-0.15, -0.1) is 0 Å². The van der Waals surface area contributed by atoms with Crippen LogP contribution in [0.3, 0.4) is 0 Å². The van der Waals surface area contributed by atoms with E-state index in [1.54, 1.807) is 0 Å². The van der Waals surface area contributed by atoms with E-state index in [9.17, 15) is 8.42 Å². The van der Waals surface area contributed by atoms with Gasteiger partial charge in [-0.2, -0.15) is 8.42 Å². The van der Waals surface area contributed by atoms with E-state index in [1.165, 1.54) is 0 Å². The molecule has 0 amide bonds. The molecule has 0 fully saturated rings. The SMILES string of the molecule is CS(=O)(=O)O.[Sc].[Y].[Y]. The molecule has 3 radical (unpaired) electrons. The molecule has 0 unspecified atom stereocenters. The first-order chi connectivity index (χ1) is 2.00. The zero-order chi connectivity index (χ0) is 4.50. The monoisotopic (exact) mass is 319 g/mol. The van der Waals surface area contributed by atoms with Crippen LogP contribution in [0.4, 0.5) is 0 Å². The van der Waals surface area contributed by atoms with Gasteiger partial charge in [-0.1, -0.05) is 0 Å². The van der Waals surface area contributed by atoms with E-state index in [2.05, 4.69) is 0 Å². The molecule has 0 aliphatic rings. The van der Waals surface area contributed by atoms with Crippen LogP contribution >= 0.6 is 0 Å². The summed E-state index contributed by atoms with van der Waals surface area (Å²) in [5.41, 5.74) is 0. The predicted molar refractivity (Wildman–Crippen MR) is 17.5 cm³/mol. The first-order valence-electron chi connectivity index (χ1n) is 0.924. The van der Waals surface area contributed by atoms with Crippen molar-refractivity contribution in [3.63, 3.8) is 0 Å². The largest absolute Gasteiger partial charge is 0.286 e. The van der Waals surface area contributed by atoms with Crippen LogP contribution in [0.25, 0.3) is 0 Å². The average Bonchev–Trinajstić information content (AvgIpc) is 0.722. The van der Waals surface area contributed by atoms with E-state index >= 15 is 0 Å². The topological polar surface area (TPSA) is 54.4 Å². The van der Waals surface area contributed by atoms with Crippen LogP contribution < -0.4 is 0 Å². The maximum atomic E-state index is 9.19. The van der Waals surface area contributed by atoms with E-state index in [-0.39, 0.29) is 91.3 Å². The molecule has 0 aromatic carbocycles. The Hall–Kier alpha value is 2.99. The van der Waals surface area contributed by atoms with Gasteiger partial charge in [0.05, 0.1) is 6.26 Å². The Morgan fingerprint density at radius 1 is 1.25 bits per heavy atom. The molecule has 3 nitrogen and oxygen atoms in total. The molecule has 8 heavy (non-hydrogen) atoms. The Balaban J connectivity index is -0.0000000267. The normalized spacial score (nSPS) is 7.25. The van der Waals surface area contributed by atoms with Crippen LogP contribution in [-0.4, -0.2) is 19.2 Å². The molecule has 1 N–H and O–H groups in total. The molecule has 0 atom stereocenters. The van der Waals surface area contributed by atoms with Crippen LogP contribution in [0.15, 0.2) is 0 Å². The zero-order valence-electron chi connectivity index (χ0n) is 4.40. The van der Waals surface area contributed by atoms with Crippen LogP contribution in [-0.2, 0) is 101 Å². The van der Waals surface area contributed by atoms with Gasteiger partial charge in [-0.05, 0) is 0 Å². The maximum Gasteiger partial charge on any atom is 0.261 e. The smallest absolute Gasteiger partial charge is 0.261 e. The molecule has 0 bridgehead atoms. The summed E-state index contributed by atoms with van der Waals surface area (Å²) >= 11 is 0. The Kier molecular flexibility index (Phi) is 28.0. The zero-order valence-corrected chi connectivity index (χ0v) is 12.7. The fraction of sp³-hybridized carbons (Fsp3) is 1.00. The summed E-state index contributed by atoms with van der Waals surface area (Å²) in [6.45, 7) is 0. The second-order valence-corrected chi connectivity index (χ2v) is 2.20. The molecule has 0 saturated carbocycles. The quantitative estimate of drug-likeness (QED) is 0.613. The van der Waals surface area contributed by atoms with Crippen molar-refractivity contribution >= 4 is 10.1 Å². The predicted octanol–water partition coefficient (Wildman–Crippen LogP) is -0.503. The second-order valence-electron chi connectivity index (χ2n) is 0.733. The molecule has 41 valence electrons. The minimum Gasteiger partial charge on any atom is -0.286 e. The average molecular weight is 319 g/mol. The first-order valence-corrected chi connectivity index (χ1v) is 2.77. The van der Waals surface area contributed by atoms with Crippen LogP contribution in [0.2, 0.25) is 0 Å². The Morgan fingerprint density at radius 3 is 1.25 bits per heavy atom. The van der Waals surface area contributed by atoms with E-state index in [4.69, 9.17) is 4.55 Å². The van der Waals surface area contributed by atoms with Crippen LogP contribution in [0.1, 0.15) is 0 Å². The van der Waals surface area contributed by atoms with Gasteiger partial charge in [0.15, 0.2) is 0 Å². The van der Waals surface area contributed by atoms with E-state index in [1.807, 2.05) is 0 Å². The minimum absolute atomic E-state index is 0. The fourth-order valence-electron chi connectivity index (χ4n) is 0. The standard InChI is InChI=1S/CH4O3S.Sc.2Y/c1-5(2,3)4;;;/h1H3,(H,2,3,4);;;. The van der Waals surface area contributed by atoms with Crippen molar-refractivity contribution in [2.45, 2.75) is 0 Å². The van der Waals surface area contributed by atoms with Crippen molar-refractivity contribution < 1.29 is 104 Å². The van der Waals surface area contributed by atoms with Crippen molar-refractivity contribution in [2.75, 3.05) is 6.26 Å². The van der Waals surface area contributed by atoms with Gasteiger partial charge < -0.3 is 0 Å². The maximum absolute atomic E-state index is 9.19. The number of hydrogen-bond donors (Lipinski definition) is 1. The Morgan fingerprint density at radius 2 is 1.25 bits per heavy atom. The molecule has 0 heterocycles. The first kappa shape index (κ1) is 22.4. The summed E-state index contributed by atoms with van der Waals surface area (Å²) in [6.07, 6.45) is 0.715. The Bertz CT molecular complexity index is 100. The molecule has 0 aromatic heterocycles. The van der Waals surface area contributed by atoms with E-state index in [0.717, 1.165) is 0 Å². The minimum atomic E-state index is -3.67. The van der Waals surface area contributed by atoms with Crippen molar-refractivity contribution in [3.8, 4) is 0 Å². The molecule has 0 aliphatic carbocycles. The van der Waals surface area contributed by atoms with Gasteiger partial charge >= 0.3 is 0 Å².